The Hall–Kier alpha value is -7.24. The monoisotopic (exact) mass is 674 g/mol. The maximum absolute atomic E-state index is 6.77. The fraction of sp³-hybridized carbons (Fsp3) is 0. The van der Waals surface area contributed by atoms with Crippen LogP contribution in [0.1, 0.15) is 0 Å². The molecule has 244 valence electrons. The van der Waals surface area contributed by atoms with Crippen molar-refractivity contribution in [3.05, 3.63) is 158 Å². The van der Waals surface area contributed by atoms with Gasteiger partial charge < -0.3 is 8.82 Å². The Bertz CT molecular complexity index is 3680. The zero-order valence-corrected chi connectivity index (χ0v) is 28.2. The number of fused-ring (bicyclic) bond motifs is 12. The Kier molecular flexibility index (Phi) is 5.06. The molecular formula is C48H26N4O. The molecule has 13 rings (SSSR count). The molecule has 5 aromatic heterocycles. The number of para-hydroxylation sites is 3. The lowest BCUT2D eigenvalue weighted by atomic mass is 10.0. The van der Waals surface area contributed by atoms with E-state index in [4.69, 9.17) is 14.4 Å². The van der Waals surface area contributed by atoms with E-state index in [1.807, 2.05) is 6.07 Å². The molecule has 0 aliphatic heterocycles. The highest BCUT2D eigenvalue weighted by atomic mass is 16.3. The van der Waals surface area contributed by atoms with Crippen LogP contribution >= 0.6 is 0 Å². The Morgan fingerprint density at radius 3 is 2.02 bits per heavy atom. The summed E-state index contributed by atoms with van der Waals surface area (Å²) in [7, 11) is 0. The third kappa shape index (κ3) is 3.42. The molecule has 0 saturated carbocycles. The highest BCUT2D eigenvalue weighted by Gasteiger charge is 2.27. The summed E-state index contributed by atoms with van der Waals surface area (Å²) in [4.78, 5) is 11.0. The van der Waals surface area contributed by atoms with Crippen LogP contribution in [0.2, 0.25) is 0 Å². The molecule has 0 aliphatic carbocycles. The molecule has 0 aliphatic rings. The first-order valence-electron chi connectivity index (χ1n) is 18.0. The maximum Gasteiger partial charge on any atom is 0.235 e. The fourth-order valence-corrected chi connectivity index (χ4v) is 9.32. The van der Waals surface area contributed by atoms with Crippen LogP contribution in [0.4, 0.5) is 0 Å². The summed E-state index contributed by atoms with van der Waals surface area (Å²) in [5.41, 5.74) is 10.1. The van der Waals surface area contributed by atoms with E-state index in [0.29, 0.717) is 5.95 Å². The van der Waals surface area contributed by atoms with E-state index in [0.717, 1.165) is 76.8 Å². The molecule has 0 spiro atoms. The number of nitrogens with zero attached hydrogens (tertiary/aromatic N) is 4. The van der Waals surface area contributed by atoms with Crippen LogP contribution in [0.15, 0.2) is 162 Å². The fourth-order valence-electron chi connectivity index (χ4n) is 9.32. The van der Waals surface area contributed by atoms with Gasteiger partial charge in [-0.3, -0.25) is 4.57 Å². The van der Waals surface area contributed by atoms with Crippen LogP contribution in [0.25, 0.3) is 121 Å². The topological polar surface area (TPSA) is 48.3 Å². The van der Waals surface area contributed by atoms with Gasteiger partial charge in [-0.15, -0.1) is 0 Å². The molecule has 0 saturated heterocycles. The second-order valence-corrected chi connectivity index (χ2v) is 14.1. The Morgan fingerprint density at radius 1 is 0.415 bits per heavy atom. The summed E-state index contributed by atoms with van der Waals surface area (Å²) in [6.45, 7) is 0. The van der Waals surface area contributed by atoms with E-state index < -0.39 is 0 Å². The van der Waals surface area contributed by atoms with Crippen molar-refractivity contribution in [3.63, 3.8) is 0 Å². The first-order chi connectivity index (χ1) is 26.3. The highest BCUT2D eigenvalue weighted by molar-refractivity contribution is 6.36. The Balaban J connectivity index is 1.33. The molecule has 8 aromatic carbocycles. The SMILES string of the molecule is c1ccc(-c2nc(-n3c4cccc5c6cccc7c8ccccc8n(c8cc9oc%10ccccc%10c9c3c8c54)c67)nc3ccc4ccccc4c23)cc1. The van der Waals surface area contributed by atoms with Gasteiger partial charge in [0.2, 0.25) is 5.95 Å². The van der Waals surface area contributed by atoms with E-state index in [-0.39, 0.29) is 0 Å². The largest absolute Gasteiger partial charge is 0.456 e. The smallest absolute Gasteiger partial charge is 0.235 e. The molecule has 0 atom stereocenters. The lowest BCUT2D eigenvalue weighted by Gasteiger charge is -2.14. The molecule has 13 aromatic rings. The van der Waals surface area contributed by atoms with Gasteiger partial charge in [-0.1, -0.05) is 127 Å². The van der Waals surface area contributed by atoms with E-state index in [2.05, 4.69) is 161 Å². The predicted octanol–water partition coefficient (Wildman–Crippen LogP) is 12.6. The molecule has 53 heavy (non-hydrogen) atoms. The molecule has 0 N–H and O–H groups in total. The van der Waals surface area contributed by atoms with Gasteiger partial charge in [0.15, 0.2) is 0 Å². The van der Waals surface area contributed by atoms with Gasteiger partial charge in [0.1, 0.15) is 11.2 Å². The number of benzene rings is 8. The minimum Gasteiger partial charge on any atom is -0.456 e. The summed E-state index contributed by atoms with van der Waals surface area (Å²) in [6.07, 6.45) is 0. The average Bonchev–Trinajstić information content (AvgIpc) is 3.85. The summed E-state index contributed by atoms with van der Waals surface area (Å²) in [6, 6.07) is 56.1. The van der Waals surface area contributed by atoms with Crippen molar-refractivity contribution in [2.45, 2.75) is 0 Å². The second kappa shape index (κ2) is 9.75. The quantitative estimate of drug-likeness (QED) is 0.172. The third-order valence-corrected chi connectivity index (χ3v) is 11.4. The van der Waals surface area contributed by atoms with Gasteiger partial charge in [0, 0.05) is 49.3 Å². The first kappa shape index (κ1) is 27.5. The highest BCUT2D eigenvalue weighted by Crippen LogP contribution is 2.48. The molecule has 0 amide bonds. The number of hydrogen-bond acceptors (Lipinski definition) is 3. The van der Waals surface area contributed by atoms with Crippen molar-refractivity contribution < 1.29 is 4.42 Å². The van der Waals surface area contributed by atoms with Crippen LogP contribution in [0, 0.1) is 0 Å². The molecule has 0 radical (unpaired) electrons. The molecular weight excluding hydrogens is 649 g/mol. The van der Waals surface area contributed by atoms with Crippen LogP contribution < -0.4 is 0 Å². The maximum atomic E-state index is 6.77. The van der Waals surface area contributed by atoms with Gasteiger partial charge in [-0.25, -0.2) is 9.97 Å². The van der Waals surface area contributed by atoms with Gasteiger partial charge in [-0.2, -0.15) is 0 Å². The van der Waals surface area contributed by atoms with Crippen molar-refractivity contribution in [1.29, 1.82) is 0 Å². The van der Waals surface area contributed by atoms with E-state index in [9.17, 15) is 0 Å². The number of aromatic nitrogens is 4. The predicted molar refractivity (Wildman–Crippen MR) is 219 cm³/mol. The lowest BCUT2D eigenvalue weighted by molar-refractivity contribution is 0.669. The second-order valence-electron chi connectivity index (χ2n) is 14.1. The van der Waals surface area contributed by atoms with Crippen LogP contribution in [0.3, 0.4) is 0 Å². The number of rotatable bonds is 2. The van der Waals surface area contributed by atoms with Gasteiger partial charge in [-0.05, 0) is 40.4 Å². The van der Waals surface area contributed by atoms with Crippen molar-refractivity contribution in [1.82, 2.24) is 18.9 Å². The molecule has 0 fully saturated rings. The number of hydrogen-bond donors (Lipinski definition) is 0. The van der Waals surface area contributed by atoms with Gasteiger partial charge in [0.05, 0.1) is 44.2 Å². The van der Waals surface area contributed by atoms with Crippen molar-refractivity contribution in [2.75, 3.05) is 0 Å². The van der Waals surface area contributed by atoms with E-state index in [1.54, 1.807) is 0 Å². The van der Waals surface area contributed by atoms with Crippen molar-refractivity contribution in [2.24, 2.45) is 0 Å². The summed E-state index contributed by atoms with van der Waals surface area (Å²) >= 11 is 0. The molecule has 0 unspecified atom stereocenters. The summed E-state index contributed by atoms with van der Waals surface area (Å²) < 4.78 is 11.5. The van der Waals surface area contributed by atoms with Crippen molar-refractivity contribution >= 4 is 104 Å². The minimum atomic E-state index is 0.629. The summed E-state index contributed by atoms with van der Waals surface area (Å²) in [5.74, 6) is 0.629. The van der Waals surface area contributed by atoms with Crippen LogP contribution in [-0.2, 0) is 0 Å². The molecule has 5 heteroatoms. The zero-order valence-electron chi connectivity index (χ0n) is 28.2. The molecule has 5 nitrogen and oxygen atoms in total. The average molecular weight is 675 g/mol. The van der Waals surface area contributed by atoms with E-state index in [1.165, 1.54) is 38.0 Å². The van der Waals surface area contributed by atoms with Gasteiger partial charge in [0.25, 0.3) is 0 Å². The zero-order chi connectivity index (χ0) is 34.4. The van der Waals surface area contributed by atoms with E-state index >= 15 is 0 Å². The van der Waals surface area contributed by atoms with Crippen LogP contribution in [0.5, 0.6) is 0 Å². The Labute approximate surface area is 300 Å². The van der Waals surface area contributed by atoms with Crippen LogP contribution in [-0.4, -0.2) is 18.9 Å². The molecule has 0 bridgehead atoms. The van der Waals surface area contributed by atoms with Gasteiger partial charge >= 0.3 is 0 Å². The molecule has 5 heterocycles. The normalized spacial score (nSPS) is 12.5. The first-order valence-corrected chi connectivity index (χ1v) is 18.0. The summed E-state index contributed by atoms with van der Waals surface area (Å²) in [5, 5.41) is 12.7. The lowest BCUT2D eigenvalue weighted by Crippen LogP contribution is -2.04. The Morgan fingerprint density at radius 2 is 1.11 bits per heavy atom. The standard InChI is InChI=1S/C48H26N4O/c1-2-13-28(14-3-1)45-41-29-15-5-4-12-27(29)24-25-35(41)49-48(50-45)52-37-22-11-18-31-33-20-10-19-32-30-16-6-8-21-36(30)51(46(32)33)38-26-40-43(47(52)44(38)42(31)37)34-17-7-9-23-39(34)53-40/h1-26H. The van der Waals surface area contributed by atoms with Crippen molar-refractivity contribution in [3.8, 4) is 17.2 Å². The minimum absolute atomic E-state index is 0.629. The third-order valence-electron chi connectivity index (χ3n) is 11.4. The number of furan rings is 1.